The Morgan fingerprint density at radius 1 is 1.67 bits per heavy atom. The van der Waals surface area contributed by atoms with Gasteiger partial charge in [-0.1, -0.05) is 6.07 Å². The van der Waals surface area contributed by atoms with Gasteiger partial charge in [0.15, 0.2) is 0 Å². The van der Waals surface area contributed by atoms with Gasteiger partial charge in [-0.05, 0) is 19.9 Å². The van der Waals surface area contributed by atoms with E-state index in [1.165, 1.54) is 6.20 Å². The first-order valence-electron chi connectivity index (χ1n) is 3.73. The van der Waals surface area contributed by atoms with Gasteiger partial charge >= 0.3 is 5.97 Å². The van der Waals surface area contributed by atoms with Gasteiger partial charge in [0, 0.05) is 12.3 Å². The summed E-state index contributed by atoms with van der Waals surface area (Å²) in [4.78, 5) is 15.0. The maximum absolute atomic E-state index is 11.2. The van der Waals surface area contributed by atoms with Gasteiger partial charge in [0.25, 0.3) is 0 Å². The fourth-order valence-corrected chi connectivity index (χ4v) is 0.715. The van der Waals surface area contributed by atoms with Crippen molar-refractivity contribution >= 4 is 5.97 Å². The summed E-state index contributed by atoms with van der Waals surface area (Å²) in [5, 5.41) is 0. The van der Waals surface area contributed by atoms with Gasteiger partial charge in [-0.2, -0.15) is 0 Å². The van der Waals surface area contributed by atoms with E-state index < -0.39 is 0 Å². The first-order valence-corrected chi connectivity index (χ1v) is 3.73. The van der Waals surface area contributed by atoms with Crippen LogP contribution in [-0.2, 0) is 4.74 Å². The van der Waals surface area contributed by atoms with Crippen LogP contribution in [0.5, 0.6) is 0 Å². The summed E-state index contributed by atoms with van der Waals surface area (Å²) in [5.74, 6) is -0.390. The molecule has 0 aromatic carbocycles. The van der Waals surface area contributed by atoms with Crippen LogP contribution >= 0.6 is 0 Å². The Balaban J connectivity index is 2.66. The molecule has 0 aliphatic carbocycles. The van der Waals surface area contributed by atoms with Crippen LogP contribution in [0.1, 0.15) is 24.3 Å². The minimum absolute atomic E-state index is 0.108. The lowest BCUT2D eigenvalue weighted by molar-refractivity contribution is 0.0371. The first-order chi connectivity index (χ1) is 5.70. The van der Waals surface area contributed by atoms with Crippen molar-refractivity contribution < 1.29 is 9.53 Å². The monoisotopic (exact) mass is 164 g/mol. The number of carbonyl (C=O) groups is 1. The molecule has 0 fully saturated rings. The van der Waals surface area contributed by atoms with Crippen LogP contribution in [0.2, 0.25) is 0 Å². The zero-order valence-corrected chi connectivity index (χ0v) is 7.07. The second-order valence-electron chi connectivity index (χ2n) is 2.60. The van der Waals surface area contributed by atoms with Gasteiger partial charge < -0.3 is 4.74 Å². The summed E-state index contributed by atoms with van der Waals surface area (Å²) in [6.07, 6.45) is 1.33. The van der Waals surface area contributed by atoms with Gasteiger partial charge in [0.1, 0.15) is 5.69 Å². The molecule has 0 N–H and O–H groups in total. The average Bonchev–Trinajstić information content (AvgIpc) is 2.05. The minimum Gasteiger partial charge on any atom is -0.458 e. The van der Waals surface area contributed by atoms with Crippen molar-refractivity contribution in [3.05, 3.63) is 30.1 Å². The molecule has 1 aromatic heterocycles. The lowest BCUT2D eigenvalue weighted by Gasteiger charge is -2.05. The van der Waals surface area contributed by atoms with E-state index in [1.54, 1.807) is 26.0 Å². The van der Waals surface area contributed by atoms with Crippen molar-refractivity contribution in [2.75, 3.05) is 0 Å². The minimum atomic E-state index is -0.390. The molecule has 3 nitrogen and oxygen atoms in total. The van der Waals surface area contributed by atoms with E-state index in [0.29, 0.717) is 5.69 Å². The largest absolute Gasteiger partial charge is 0.458 e. The molecule has 0 aliphatic heterocycles. The maximum Gasteiger partial charge on any atom is 0.357 e. The molecule has 0 spiro atoms. The molecule has 0 saturated heterocycles. The van der Waals surface area contributed by atoms with Crippen LogP contribution in [0, 0.1) is 6.07 Å². The number of nitrogens with zero attached hydrogens (tertiary/aromatic N) is 1. The summed E-state index contributed by atoms with van der Waals surface area (Å²) in [6, 6.07) is 5.93. The highest BCUT2D eigenvalue weighted by atomic mass is 16.5. The van der Waals surface area contributed by atoms with E-state index in [9.17, 15) is 4.79 Å². The standard InChI is InChI=1S/C9H10NO2/c1-7(2)12-9(11)8-5-3-4-6-10-8/h3,5-7H,1-2H3. The zero-order chi connectivity index (χ0) is 8.97. The Labute approximate surface area is 71.4 Å². The molecule has 1 radical (unpaired) electrons. The predicted octanol–water partition coefficient (Wildman–Crippen LogP) is 1.45. The van der Waals surface area contributed by atoms with E-state index in [0.717, 1.165) is 0 Å². The van der Waals surface area contributed by atoms with E-state index in [2.05, 4.69) is 11.1 Å². The number of aromatic nitrogens is 1. The van der Waals surface area contributed by atoms with E-state index in [1.807, 2.05) is 0 Å². The number of hydrogen-bond acceptors (Lipinski definition) is 3. The van der Waals surface area contributed by atoms with Crippen molar-refractivity contribution in [1.82, 2.24) is 4.98 Å². The van der Waals surface area contributed by atoms with E-state index in [4.69, 9.17) is 4.74 Å². The molecule has 0 amide bonds. The molecule has 63 valence electrons. The predicted molar refractivity (Wildman–Crippen MR) is 43.6 cm³/mol. The summed E-state index contributed by atoms with van der Waals surface area (Å²) < 4.78 is 4.92. The average molecular weight is 164 g/mol. The molecular formula is C9H10NO2. The van der Waals surface area contributed by atoms with Gasteiger partial charge in [0.05, 0.1) is 6.10 Å². The maximum atomic E-state index is 11.2. The van der Waals surface area contributed by atoms with Crippen LogP contribution in [0.15, 0.2) is 18.3 Å². The van der Waals surface area contributed by atoms with Crippen molar-refractivity contribution in [3.63, 3.8) is 0 Å². The zero-order valence-electron chi connectivity index (χ0n) is 7.07. The van der Waals surface area contributed by atoms with Gasteiger partial charge in [-0.3, -0.25) is 0 Å². The lowest BCUT2D eigenvalue weighted by atomic mass is 10.3. The molecule has 0 aliphatic rings. The molecule has 0 atom stereocenters. The third-order valence-corrected chi connectivity index (χ3v) is 1.17. The number of hydrogen-bond donors (Lipinski definition) is 0. The van der Waals surface area contributed by atoms with Crippen molar-refractivity contribution in [2.45, 2.75) is 20.0 Å². The first kappa shape index (κ1) is 8.71. The Hall–Kier alpha value is -1.38. The SMILES string of the molecule is CC(C)OC(=O)c1cc[c]cn1. The molecule has 0 bridgehead atoms. The Bertz CT molecular complexity index is 256. The van der Waals surface area contributed by atoms with E-state index >= 15 is 0 Å². The van der Waals surface area contributed by atoms with Crippen LogP contribution in [0.4, 0.5) is 0 Å². The number of rotatable bonds is 2. The fraction of sp³-hybridized carbons (Fsp3) is 0.333. The third-order valence-electron chi connectivity index (χ3n) is 1.17. The Morgan fingerprint density at radius 2 is 2.42 bits per heavy atom. The molecule has 1 aromatic rings. The van der Waals surface area contributed by atoms with Gasteiger partial charge in [-0.25, -0.2) is 9.78 Å². The fourth-order valence-electron chi connectivity index (χ4n) is 0.715. The second-order valence-corrected chi connectivity index (χ2v) is 2.60. The van der Waals surface area contributed by atoms with E-state index in [-0.39, 0.29) is 12.1 Å². The smallest absolute Gasteiger partial charge is 0.357 e. The quantitative estimate of drug-likeness (QED) is 0.621. The normalized spacial score (nSPS) is 9.92. The molecule has 0 saturated carbocycles. The van der Waals surface area contributed by atoms with Crippen molar-refractivity contribution in [3.8, 4) is 0 Å². The van der Waals surface area contributed by atoms with Gasteiger partial charge in [0.2, 0.25) is 0 Å². The highest BCUT2D eigenvalue weighted by molar-refractivity contribution is 5.87. The molecular weight excluding hydrogens is 154 g/mol. The molecule has 1 heterocycles. The Kier molecular flexibility index (Phi) is 2.80. The van der Waals surface area contributed by atoms with Crippen LogP contribution in [-0.4, -0.2) is 17.1 Å². The van der Waals surface area contributed by atoms with Crippen LogP contribution in [0.3, 0.4) is 0 Å². The number of ether oxygens (including phenoxy) is 1. The highest BCUT2D eigenvalue weighted by Gasteiger charge is 2.08. The lowest BCUT2D eigenvalue weighted by Crippen LogP contribution is -2.12. The molecule has 0 unspecified atom stereocenters. The summed E-state index contributed by atoms with van der Waals surface area (Å²) in [7, 11) is 0. The number of esters is 1. The van der Waals surface area contributed by atoms with Crippen molar-refractivity contribution in [1.29, 1.82) is 0 Å². The molecule has 1 rings (SSSR count). The van der Waals surface area contributed by atoms with Gasteiger partial charge in [-0.15, -0.1) is 0 Å². The summed E-state index contributed by atoms with van der Waals surface area (Å²) in [5.41, 5.74) is 0.322. The summed E-state index contributed by atoms with van der Waals surface area (Å²) in [6.45, 7) is 3.60. The molecule has 3 heteroatoms. The van der Waals surface area contributed by atoms with Crippen molar-refractivity contribution in [2.24, 2.45) is 0 Å². The Morgan fingerprint density at radius 3 is 2.92 bits per heavy atom. The number of carbonyl (C=O) groups excluding carboxylic acids is 1. The third kappa shape index (κ3) is 2.34. The highest BCUT2D eigenvalue weighted by Crippen LogP contribution is 1.98. The topological polar surface area (TPSA) is 39.2 Å². The van der Waals surface area contributed by atoms with Crippen LogP contribution in [0.25, 0.3) is 0 Å². The summed E-state index contributed by atoms with van der Waals surface area (Å²) >= 11 is 0. The molecule has 12 heavy (non-hydrogen) atoms. The van der Waals surface area contributed by atoms with Crippen LogP contribution < -0.4 is 0 Å². The number of pyridine rings is 1. The second kappa shape index (κ2) is 3.85.